The van der Waals surface area contributed by atoms with E-state index in [1.165, 1.54) is 6.92 Å². The van der Waals surface area contributed by atoms with Crippen molar-refractivity contribution >= 4 is 19.4 Å². The minimum atomic E-state index is -0.427. The van der Waals surface area contributed by atoms with E-state index < -0.39 is 5.81 Å². The molecule has 1 amide bonds. The Bertz CT molecular complexity index is 245. The molecule has 0 bridgehead atoms. The van der Waals surface area contributed by atoms with Crippen LogP contribution in [-0.4, -0.2) is 62.0 Å². The second-order valence-corrected chi connectivity index (χ2v) is 3.85. The summed E-state index contributed by atoms with van der Waals surface area (Å²) in [6, 6.07) is -0.0521. The molecule has 5 heteroatoms. The molecular weight excluding hydrogens is 179 g/mol. The molecular formula is C9H15BN2O2. The molecule has 0 aromatic carbocycles. The molecule has 0 N–H and O–H groups in total. The Morgan fingerprint density at radius 2 is 2.07 bits per heavy atom. The molecule has 1 fully saturated rings. The van der Waals surface area contributed by atoms with Crippen LogP contribution < -0.4 is 0 Å². The highest BCUT2D eigenvalue weighted by atomic mass is 16.2. The molecule has 2 radical (unpaired) electrons. The van der Waals surface area contributed by atoms with E-state index in [0.29, 0.717) is 13.0 Å². The number of Topliss-reactive ketones (excluding diaryl/α,β-unsaturated/α-hetero) is 1. The molecule has 0 aromatic heterocycles. The molecule has 4 nitrogen and oxygen atoms in total. The van der Waals surface area contributed by atoms with Crippen LogP contribution >= 0.6 is 0 Å². The Labute approximate surface area is 85.6 Å². The molecule has 1 unspecified atom stereocenters. The number of amides is 1. The van der Waals surface area contributed by atoms with Crippen LogP contribution in [-0.2, 0) is 4.79 Å². The van der Waals surface area contributed by atoms with Crippen LogP contribution in [0, 0.1) is 0 Å². The average Bonchev–Trinajstić information content (AvgIpc) is 2.01. The third-order valence-corrected chi connectivity index (χ3v) is 2.49. The maximum Gasteiger partial charge on any atom is 0.200 e. The zero-order valence-electron chi connectivity index (χ0n) is 8.69. The summed E-state index contributed by atoms with van der Waals surface area (Å²) in [6.07, 6.45) is 0.396. The summed E-state index contributed by atoms with van der Waals surface area (Å²) in [5.41, 5.74) is 0. The smallest absolute Gasteiger partial charge is 0.200 e. The van der Waals surface area contributed by atoms with Gasteiger partial charge in [-0.05, 0) is 14.0 Å². The first-order valence-corrected chi connectivity index (χ1v) is 4.74. The molecule has 1 aliphatic heterocycles. The number of ketones is 1. The first-order valence-electron chi connectivity index (χ1n) is 4.74. The van der Waals surface area contributed by atoms with Gasteiger partial charge >= 0.3 is 0 Å². The Kier molecular flexibility index (Phi) is 3.69. The lowest BCUT2D eigenvalue weighted by atomic mass is 10.0. The van der Waals surface area contributed by atoms with Gasteiger partial charge in [-0.25, -0.2) is 0 Å². The second-order valence-electron chi connectivity index (χ2n) is 3.85. The molecule has 1 heterocycles. The molecule has 0 aliphatic carbocycles. The van der Waals surface area contributed by atoms with Crippen molar-refractivity contribution in [1.29, 1.82) is 0 Å². The van der Waals surface area contributed by atoms with Gasteiger partial charge in [-0.3, -0.25) is 9.59 Å². The summed E-state index contributed by atoms with van der Waals surface area (Å²) in [7, 11) is 7.21. The van der Waals surface area contributed by atoms with E-state index in [9.17, 15) is 9.59 Å². The highest BCUT2D eigenvalue weighted by Crippen LogP contribution is 2.12. The molecule has 1 aliphatic rings. The highest BCUT2D eigenvalue weighted by Gasteiger charge is 2.27. The number of piperazine rings is 1. The van der Waals surface area contributed by atoms with Gasteiger partial charge in [0.2, 0.25) is 7.85 Å². The van der Waals surface area contributed by atoms with E-state index in [1.807, 2.05) is 7.05 Å². The molecule has 0 aromatic rings. The predicted octanol–water partition coefficient (Wildman–Crippen LogP) is -0.130. The van der Waals surface area contributed by atoms with Crippen molar-refractivity contribution in [3.8, 4) is 0 Å². The van der Waals surface area contributed by atoms with Crippen molar-refractivity contribution in [3.63, 3.8) is 0 Å². The Morgan fingerprint density at radius 1 is 1.43 bits per heavy atom. The maximum atomic E-state index is 11.1. The third-order valence-electron chi connectivity index (χ3n) is 2.49. The quantitative estimate of drug-likeness (QED) is 0.575. The maximum absolute atomic E-state index is 11.1. The Balaban J connectivity index is 2.63. The fraction of sp³-hybridized carbons (Fsp3) is 0.778. The van der Waals surface area contributed by atoms with E-state index in [0.717, 1.165) is 13.1 Å². The lowest BCUT2D eigenvalue weighted by molar-refractivity contribution is -0.118. The topological polar surface area (TPSA) is 40.6 Å². The molecule has 14 heavy (non-hydrogen) atoms. The van der Waals surface area contributed by atoms with Crippen LogP contribution in [0.25, 0.3) is 0 Å². The first kappa shape index (κ1) is 11.2. The lowest BCUT2D eigenvalue weighted by Gasteiger charge is -2.39. The van der Waals surface area contributed by atoms with Gasteiger partial charge in [-0.15, -0.1) is 0 Å². The normalized spacial score (nSPS) is 23.6. The summed E-state index contributed by atoms with van der Waals surface area (Å²) < 4.78 is 0. The number of carbonyl (C=O) groups is 2. The zero-order chi connectivity index (χ0) is 10.7. The van der Waals surface area contributed by atoms with Crippen molar-refractivity contribution in [2.45, 2.75) is 19.4 Å². The van der Waals surface area contributed by atoms with Crippen molar-refractivity contribution in [2.24, 2.45) is 0 Å². The molecule has 0 saturated carbocycles. The highest BCUT2D eigenvalue weighted by molar-refractivity contribution is 6.57. The second kappa shape index (κ2) is 4.60. The van der Waals surface area contributed by atoms with Gasteiger partial charge in [-0.2, -0.15) is 0 Å². The lowest BCUT2D eigenvalue weighted by Crippen LogP contribution is -2.54. The number of rotatable bonds is 2. The number of carbonyl (C=O) groups excluding carboxylic acids is 2. The molecule has 76 valence electrons. The van der Waals surface area contributed by atoms with Crippen LogP contribution in [0.1, 0.15) is 13.3 Å². The van der Waals surface area contributed by atoms with Gasteiger partial charge in [0.25, 0.3) is 0 Å². The monoisotopic (exact) mass is 194 g/mol. The van der Waals surface area contributed by atoms with Gasteiger partial charge < -0.3 is 9.80 Å². The van der Waals surface area contributed by atoms with E-state index in [1.54, 1.807) is 4.90 Å². The van der Waals surface area contributed by atoms with E-state index in [4.69, 9.17) is 7.85 Å². The van der Waals surface area contributed by atoms with Gasteiger partial charge in [-0.1, -0.05) is 0 Å². The van der Waals surface area contributed by atoms with Gasteiger partial charge in [0.15, 0.2) is 5.81 Å². The van der Waals surface area contributed by atoms with Crippen LogP contribution in [0.15, 0.2) is 0 Å². The van der Waals surface area contributed by atoms with Crippen LogP contribution in [0.4, 0.5) is 4.79 Å². The van der Waals surface area contributed by atoms with Gasteiger partial charge in [0.05, 0.1) is 6.04 Å². The summed E-state index contributed by atoms with van der Waals surface area (Å²) in [4.78, 5) is 25.7. The van der Waals surface area contributed by atoms with Crippen molar-refractivity contribution in [1.82, 2.24) is 9.80 Å². The SMILES string of the molecule is [B]C(=O)N1CCN(C)CC1CC(C)=O. The van der Waals surface area contributed by atoms with Gasteiger partial charge in [0.1, 0.15) is 5.78 Å². The van der Waals surface area contributed by atoms with Crippen molar-refractivity contribution in [3.05, 3.63) is 0 Å². The predicted molar refractivity (Wildman–Crippen MR) is 54.4 cm³/mol. The van der Waals surface area contributed by atoms with Gasteiger partial charge in [0, 0.05) is 26.1 Å². The average molecular weight is 194 g/mol. The summed E-state index contributed by atoms with van der Waals surface area (Å²) in [6.45, 7) is 3.69. The summed E-state index contributed by atoms with van der Waals surface area (Å²) >= 11 is 0. The van der Waals surface area contributed by atoms with Crippen molar-refractivity contribution < 1.29 is 9.59 Å². The van der Waals surface area contributed by atoms with Crippen molar-refractivity contribution in [2.75, 3.05) is 26.7 Å². The van der Waals surface area contributed by atoms with E-state index >= 15 is 0 Å². The standard InChI is InChI=1S/C9H15BN2O2/c1-7(13)5-8-6-11(2)3-4-12(8)9(10)14/h8H,3-6H2,1-2H3. The fourth-order valence-electron chi connectivity index (χ4n) is 1.81. The first-order chi connectivity index (χ1) is 6.50. The minimum Gasteiger partial charge on any atom is -0.347 e. The van der Waals surface area contributed by atoms with Crippen LogP contribution in [0.3, 0.4) is 0 Å². The van der Waals surface area contributed by atoms with Crippen LogP contribution in [0.2, 0.25) is 0 Å². The van der Waals surface area contributed by atoms with E-state index in [2.05, 4.69) is 4.90 Å². The third kappa shape index (κ3) is 2.84. The molecule has 1 saturated heterocycles. The minimum absolute atomic E-state index is 0.0521. The molecule has 1 rings (SSSR count). The molecule has 0 spiro atoms. The number of likely N-dealkylation sites (N-methyl/N-ethyl adjacent to an activating group) is 1. The summed E-state index contributed by atoms with van der Waals surface area (Å²) in [5.74, 6) is -0.332. The largest absolute Gasteiger partial charge is 0.347 e. The number of nitrogens with zero attached hydrogens (tertiary/aromatic N) is 2. The van der Waals surface area contributed by atoms with E-state index in [-0.39, 0.29) is 11.8 Å². The summed E-state index contributed by atoms with van der Waals surface area (Å²) in [5, 5.41) is 0. The Hall–Kier alpha value is -0.835. The number of hydrogen-bond donors (Lipinski definition) is 0. The number of hydrogen-bond acceptors (Lipinski definition) is 3. The molecule has 1 atom stereocenters. The fourth-order valence-corrected chi connectivity index (χ4v) is 1.81. The van der Waals surface area contributed by atoms with Crippen LogP contribution in [0.5, 0.6) is 0 Å². The Morgan fingerprint density at radius 3 is 2.57 bits per heavy atom. The zero-order valence-corrected chi connectivity index (χ0v) is 8.69.